The van der Waals surface area contributed by atoms with Crippen LogP contribution in [0.4, 0.5) is 16.2 Å². The van der Waals surface area contributed by atoms with Gasteiger partial charge in [0.15, 0.2) is 0 Å². The lowest BCUT2D eigenvalue weighted by Crippen LogP contribution is -2.48. The number of benzene rings is 2. The van der Waals surface area contributed by atoms with Crippen molar-refractivity contribution in [1.82, 2.24) is 9.80 Å². The molecular formula is C25H31ClN4O3. The van der Waals surface area contributed by atoms with E-state index < -0.39 is 6.04 Å². The van der Waals surface area contributed by atoms with Gasteiger partial charge in [0.25, 0.3) is 0 Å². The number of hydrogen-bond acceptors (Lipinski definition) is 4. The average molecular weight is 471 g/mol. The standard InChI is InChI=1S/C25H31ClN4O3/c1-28-12-10-17-4-7-20(14-18(17)11-13-28)27-24(31)23-15-22(33-3)16-30(23)25(32)29(2)21-8-5-19(26)6-9-21/h4-9,14,22-23H,10-13,15-16H2,1-3H3,(H,27,31)/t22-,23-/m1/s1. The molecule has 8 heteroatoms. The van der Waals surface area contributed by atoms with Crippen LogP contribution in [0.5, 0.6) is 0 Å². The molecule has 2 aromatic carbocycles. The van der Waals surface area contributed by atoms with E-state index in [1.165, 1.54) is 16.0 Å². The maximum Gasteiger partial charge on any atom is 0.324 e. The van der Waals surface area contributed by atoms with E-state index >= 15 is 0 Å². The highest BCUT2D eigenvalue weighted by Crippen LogP contribution is 2.26. The Bertz CT molecular complexity index is 1010. The number of fused-ring (bicyclic) bond motifs is 1. The molecular weight excluding hydrogens is 440 g/mol. The van der Waals surface area contributed by atoms with Gasteiger partial charge in [0.2, 0.25) is 5.91 Å². The topological polar surface area (TPSA) is 65.1 Å². The van der Waals surface area contributed by atoms with Gasteiger partial charge in [-0.2, -0.15) is 0 Å². The maximum atomic E-state index is 13.3. The molecule has 1 saturated heterocycles. The second-order valence-electron chi connectivity index (χ2n) is 8.86. The van der Waals surface area contributed by atoms with E-state index in [0.717, 1.165) is 31.6 Å². The third-order valence-corrected chi connectivity index (χ3v) is 6.90. The van der Waals surface area contributed by atoms with Crippen molar-refractivity contribution in [1.29, 1.82) is 0 Å². The van der Waals surface area contributed by atoms with Crippen LogP contribution in [-0.4, -0.2) is 74.7 Å². The van der Waals surface area contributed by atoms with Gasteiger partial charge in [-0.25, -0.2) is 4.79 Å². The van der Waals surface area contributed by atoms with Crippen LogP contribution in [0.2, 0.25) is 5.02 Å². The van der Waals surface area contributed by atoms with Crippen LogP contribution in [0.25, 0.3) is 0 Å². The Morgan fingerprint density at radius 2 is 1.79 bits per heavy atom. The second kappa shape index (κ2) is 10.1. The molecule has 2 aromatic rings. The number of ether oxygens (including phenoxy) is 1. The summed E-state index contributed by atoms with van der Waals surface area (Å²) < 4.78 is 5.51. The van der Waals surface area contributed by atoms with Gasteiger partial charge in [-0.05, 0) is 67.4 Å². The normalized spacial score (nSPS) is 20.8. The van der Waals surface area contributed by atoms with Crippen LogP contribution in [0.3, 0.4) is 0 Å². The Kier molecular flexibility index (Phi) is 7.22. The van der Waals surface area contributed by atoms with E-state index in [4.69, 9.17) is 16.3 Å². The summed E-state index contributed by atoms with van der Waals surface area (Å²) in [6, 6.07) is 12.3. The summed E-state index contributed by atoms with van der Waals surface area (Å²) in [5, 5.41) is 3.65. The van der Waals surface area contributed by atoms with Gasteiger partial charge < -0.3 is 19.9 Å². The first-order valence-electron chi connectivity index (χ1n) is 11.3. The van der Waals surface area contributed by atoms with Gasteiger partial charge in [-0.3, -0.25) is 9.69 Å². The molecule has 2 aliphatic rings. The molecule has 2 atom stereocenters. The highest BCUT2D eigenvalue weighted by molar-refractivity contribution is 6.30. The zero-order chi connectivity index (χ0) is 23.5. The average Bonchev–Trinajstić information content (AvgIpc) is 3.17. The van der Waals surface area contributed by atoms with Crippen molar-refractivity contribution in [2.45, 2.75) is 31.4 Å². The van der Waals surface area contributed by atoms with Crippen LogP contribution >= 0.6 is 11.6 Å². The summed E-state index contributed by atoms with van der Waals surface area (Å²) in [6.45, 7) is 2.40. The van der Waals surface area contributed by atoms with Crippen LogP contribution in [0.15, 0.2) is 42.5 Å². The molecule has 1 fully saturated rings. The molecule has 0 aromatic heterocycles. The summed E-state index contributed by atoms with van der Waals surface area (Å²) in [6.07, 6.45) is 2.24. The SMILES string of the molecule is CO[C@@H]1C[C@H](C(=O)Nc2ccc3c(c2)CCN(C)CC3)N(C(=O)N(C)c2ccc(Cl)cc2)C1. The van der Waals surface area contributed by atoms with Gasteiger partial charge in [0.1, 0.15) is 6.04 Å². The van der Waals surface area contributed by atoms with Crippen molar-refractivity contribution >= 4 is 34.9 Å². The fraction of sp³-hybridized carbons (Fsp3) is 0.440. The summed E-state index contributed by atoms with van der Waals surface area (Å²) in [5.41, 5.74) is 4.08. The fourth-order valence-electron chi connectivity index (χ4n) is 4.54. The highest BCUT2D eigenvalue weighted by Gasteiger charge is 2.41. The van der Waals surface area contributed by atoms with E-state index in [1.54, 1.807) is 43.3 Å². The number of carbonyl (C=O) groups excluding carboxylic acids is 2. The molecule has 2 aliphatic heterocycles. The first-order valence-corrected chi connectivity index (χ1v) is 11.7. The predicted octanol–water partition coefficient (Wildman–Crippen LogP) is 3.65. The number of urea groups is 1. The third-order valence-electron chi connectivity index (χ3n) is 6.64. The van der Waals surface area contributed by atoms with E-state index in [-0.39, 0.29) is 18.0 Å². The lowest BCUT2D eigenvalue weighted by molar-refractivity contribution is -0.119. The quantitative estimate of drug-likeness (QED) is 0.740. The van der Waals surface area contributed by atoms with Gasteiger partial charge in [-0.1, -0.05) is 17.7 Å². The van der Waals surface area contributed by atoms with E-state index in [1.807, 2.05) is 6.07 Å². The molecule has 176 valence electrons. The van der Waals surface area contributed by atoms with E-state index in [0.29, 0.717) is 23.7 Å². The van der Waals surface area contributed by atoms with Crippen LogP contribution in [-0.2, 0) is 22.4 Å². The number of anilines is 2. The number of hydrogen-bond donors (Lipinski definition) is 1. The minimum atomic E-state index is -0.609. The number of rotatable bonds is 4. The minimum absolute atomic E-state index is 0.189. The van der Waals surface area contributed by atoms with Gasteiger partial charge in [0, 0.05) is 56.6 Å². The van der Waals surface area contributed by atoms with Gasteiger partial charge >= 0.3 is 6.03 Å². The number of halogens is 1. The molecule has 3 amide bonds. The Hall–Kier alpha value is -2.61. The first-order chi connectivity index (χ1) is 15.9. The second-order valence-corrected chi connectivity index (χ2v) is 9.29. The van der Waals surface area contributed by atoms with E-state index in [9.17, 15) is 9.59 Å². The molecule has 0 unspecified atom stereocenters. The third kappa shape index (κ3) is 5.32. The summed E-state index contributed by atoms with van der Waals surface area (Å²) in [7, 11) is 5.44. The Morgan fingerprint density at radius 3 is 2.48 bits per heavy atom. The zero-order valence-corrected chi connectivity index (χ0v) is 20.1. The number of likely N-dealkylation sites (tertiary alicyclic amines) is 1. The molecule has 7 nitrogen and oxygen atoms in total. The van der Waals surface area contributed by atoms with Crippen molar-refractivity contribution < 1.29 is 14.3 Å². The monoisotopic (exact) mass is 470 g/mol. The van der Waals surface area contributed by atoms with Gasteiger partial charge in [0.05, 0.1) is 6.10 Å². The molecule has 0 spiro atoms. The van der Waals surface area contributed by atoms with Gasteiger partial charge in [-0.15, -0.1) is 0 Å². The van der Waals surface area contributed by atoms with Crippen LogP contribution in [0, 0.1) is 0 Å². The zero-order valence-electron chi connectivity index (χ0n) is 19.4. The molecule has 0 aliphatic carbocycles. The van der Waals surface area contributed by atoms with E-state index in [2.05, 4.69) is 29.4 Å². The highest BCUT2D eigenvalue weighted by atomic mass is 35.5. The van der Waals surface area contributed by atoms with Crippen molar-refractivity contribution in [3.05, 3.63) is 58.6 Å². The number of nitrogens with one attached hydrogen (secondary N) is 1. The maximum absolute atomic E-state index is 13.3. The largest absolute Gasteiger partial charge is 0.380 e. The lowest BCUT2D eigenvalue weighted by Gasteiger charge is -2.29. The van der Waals surface area contributed by atoms with Crippen molar-refractivity contribution in [2.24, 2.45) is 0 Å². The molecule has 4 rings (SSSR count). The molecule has 1 N–H and O–H groups in total. The summed E-state index contributed by atoms with van der Waals surface area (Å²) >= 11 is 5.98. The fourth-order valence-corrected chi connectivity index (χ4v) is 4.66. The summed E-state index contributed by atoms with van der Waals surface area (Å²) in [5.74, 6) is -0.196. The number of likely N-dealkylation sites (N-methyl/N-ethyl adjacent to an activating group) is 1. The van der Waals surface area contributed by atoms with Crippen molar-refractivity contribution in [2.75, 3.05) is 51.1 Å². The minimum Gasteiger partial charge on any atom is -0.380 e. The first kappa shape index (κ1) is 23.5. The number of amides is 3. The van der Waals surface area contributed by atoms with Crippen molar-refractivity contribution in [3.8, 4) is 0 Å². The van der Waals surface area contributed by atoms with Crippen molar-refractivity contribution in [3.63, 3.8) is 0 Å². The molecule has 0 saturated carbocycles. The van der Waals surface area contributed by atoms with Crippen LogP contribution < -0.4 is 10.2 Å². The Labute approximate surface area is 200 Å². The Morgan fingerprint density at radius 1 is 1.09 bits per heavy atom. The van der Waals surface area contributed by atoms with Crippen LogP contribution in [0.1, 0.15) is 17.5 Å². The molecule has 0 radical (unpaired) electrons. The number of nitrogens with zero attached hydrogens (tertiary/aromatic N) is 3. The summed E-state index contributed by atoms with van der Waals surface area (Å²) in [4.78, 5) is 32.0. The Balaban J connectivity index is 1.49. The smallest absolute Gasteiger partial charge is 0.324 e. The molecule has 2 heterocycles. The predicted molar refractivity (Wildman–Crippen MR) is 131 cm³/mol. The lowest BCUT2D eigenvalue weighted by atomic mass is 10.0. The molecule has 0 bridgehead atoms. The number of methoxy groups -OCH3 is 1. The number of carbonyl (C=O) groups is 2. The molecule has 33 heavy (non-hydrogen) atoms.